The maximum Gasteiger partial charge on any atom is 0.361 e. The molecule has 0 saturated carbocycles. The van der Waals surface area contributed by atoms with E-state index in [4.69, 9.17) is 22.1 Å². The minimum absolute atomic E-state index is 0.112. The van der Waals surface area contributed by atoms with E-state index in [9.17, 15) is 14.4 Å². The zero-order chi connectivity index (χ0) is 17.5. The molecule has 0 unspecified atom stereocenters. The molecule has 0 aliphatic heterocycles. The molecule has 0 radical (unpaired) electrons. The van der Waals surface area contributed by atoms with Crippen molar-refractivity contribution in [1.29, 1.82) is 0 Å². The van der Waals surface area contributed by atoms with Crippen LogP contribution in [0.2, 0.25) is 5.02 Å². The highest BCUT2D eigenvalue weighted by Gasteiger charge is 2.15. The summed E-state index contributed by atoms with van der Waals surface area (Å²) in [7, 11) is 0. The molecule has 24 heavy (non-hydrogen) atoms. The lowest BCUT2D eigenvalue weighted by atomic mass is 10.2. The molecule has 0 aliphatic carbocycles. The number of halogens is 1. The number of benzene rings is 1. The Morgan fingerprint density at radius 2 is 1.75 bits per heavy atom. The summed E-state index contributed by atoms with van der Waals surface area (Å²) in [5.41, 5.74) is 9.83. The summed E-state index contributed by atoms with van der Waals surface area (Å²) in [6.07, 6.45) is 2.57. The predicted molar refractivity (Wildman–Crippen MR) is 83.8 cm³/mol. The van der Waals surface area contributed by atoms with Crippen LogP contribution in [0.15, 0.2) is 36.7 Å². The quantitative estimate of drug-likeness (QED) is 0.534. The van der Waals surface area contributed by atoms with Crippen molar-refractivity contribution in [2.24, 2.45) is 0 Å². The van der Waals surface area contributed by atoms with Crippen molar-refractivity contribution in [1.82, 2.24) is 20.8 Å². The number of rotatable bonds is 4. The number of aromatic nitrogens is 2. The van der Waals surface area contributed by atoms with Gasteiger partial charge in [0.2, 0.25) is 0 Å². The number of amides is 2. The number of nitrogens with one attached hydrogen (secondary N) is 2. The average molecular weight is 350 g/mol. The molecular weight excluding hydrogens is 338 g/mol. The Morgan fingerprint density at radius 3 is 2.42 bits per heavy atom. The van der Waals surface area contributed by atoms with Crippen molar-refractivity contribution in [3.8, 4) is 0 Å². The molecule has 2 amide bonds. The topological polar surface area (TPSA) is 136 Å². The van der Waals surface area contributed by atoms with Gasteiger partial charge in [0.1, 0.15) is 0 Å². The number of ether oxygens (including phenoxy) is 1. The van der Waals surface area contributed by atoms with E-state index in [1.54, 1.807) is 0 Å². The number of anilines is 1. The molecule has 0 saturated heterocycles. The summed E-state index contributed by atoms with van der Waals surface area (Å²) >= 11 is 5.71. The van der Waals surface area contributed by atoms with Crippen LogP contribution in [0.4, 0.5) is 5.82 Å². The molecule has 1 heterocycles. The zero-order valence-corrected chi connectivity index (χ0v) is 12.9. The summed E-state index contributed by atoms with van der Waals surface area (Å²) in [4.78, 5) is 42.4. The fourth-order valence-corrected chi connectivity index (χ4v) is 1.67. The SMILES string of the molecule is Nc1nccnc1C(=O)OCC(=O)NNC(=O)c1ccc(Cl)cc1. The zero-order valence-electron chi connectivity index (χ0n) is 12.2. The van der Waals surface area contributed by atoms with Gasteiger partial charge >= 0.3 is 5.97 Å². The first-order valence-corrected chi connectivity index (χ1v) is 6.93. The third kappa shape index (κ3) is 4.65. The molecule has 0 spiro atoms. The summed E-state index contributed by atoms with van der Waals surface area (Å²) in [6, 6.07) is 6.04. The molecule has 0 fully saturated rings. The molecule has 0 atom stereocenters. The summed E-state index contributed by atoms with van der Waals surface area (Å²) in [6.45, 7) is -0.629. The van der Waals surface area contributed by atoms with Gasteiger partial charge in [0.25, 0.3) is 11.8 Å². The number of carbonyl (C=O) groups excluding carboxylic acids is 3. The number of hydrogen-bond acceptors (Lipinski definition) is 7. The smallest absolute Gasteiger partial charge is 0.361 e. The monoisotopic (exact) mass is 349 g/mol. The van der Waals surface area contributed by atoms with Crippen LogP contribution in [0.3, 0.4) is 0 Å². The Hall–Kier alpha value is -3.20. The highest BCUT2D eigenvalue weighted by Crippen LogP contribution is 2.09. The normalized spacial score (nSPS) is 9.88. The van der Waals surface area contributed by atoms with Crippen LogP contribution in [0.25, 0.3) is 0 Å². The number of esters is 1. The van der Waals surface area contributed by atoms with Gasteiger partial charge in [0.15, 0.2) is 18.1 Å². The van der Waals surface area contributed by atoms with Gasteiger partial charge in [-0.1, -0.05) is 11.6 Å². The summed E-state index contributed by atoms with van der Waals surface area (Å²) in [5, 5.41) is 0.478. The lowest BCUT2D eigenvalue weighted by Gasteiger charge is -2.08. The predicted octanol–water partition coefficient (Wildman–Crippen LogP) is 0.330. The first-order valence-electron chi connectivity index (χ1n) is 6.55. The Labute approximate surface area is 141 Å². The van der Waals surface area contributed by atoms with Gasteiger partial charge in [0, 0.05) is 23.0 Å². The number of hydrogen-bond donors (Lipinski definition) is 3. The van der Waals surface area contributed by atoms with Crippen molar-refractivity contribution < 1.29 is 19.1 Å². The third-order valence-corrected chi connectivity index (χ3v) is 2.93. The van der Waals surface area contributed by atoms with Crippen molar-refractivity contribution >= 4 is 35.2 Å². The fourth-order valence-electron chi connectivity index (χ4n) is 1.54. The van der Waals surface area contributed by atoms with Gasteiger partial charge in [-0.05, 0) is 24.3 Å². The second-order valence-corrected chi connectivity index (χ2v) is 4.81. The standard InChI is InChI=1S/C14H12ClN5O4/c15-9-3-1-8(2-4-9)13(22)20-19-10(21)7-24-14(23)11-12(16)18-6-5-17-11/h1-6H,7H2,(H2,16,18)(H,19,21)(H,20,22). The molecule has 0 bridgehead atoms. The summed E-state index contributed by atoms with van der Waals surface area (Å²) < 4.78 is 4.72. The number of carbonyl (C=O) groups is 3. The number of nitrogens with zero attached hydrogens (tertiary/aromatic N) is 2. The highest BCUT2D eigenvalue weighted by molar-refractivity contribution is 6.30. The Morgan fingerprint density at radius 1 is 1.08 bits per heavy atom. The van der Waals surface area contributed by atoms with Gasteiger partial charge < -0.3 is 10.5 Å². The van der Waals surface area contributed by atoms with Crippen LogP contribution in [-0.4, -0.2) is 34.4 Å². The highest BCUT2D eigenvalue weighted by atomic mass is 35.5. The maximum absolute atomic E-state index is 11.8. The largest absolute Gasteiger partial charge is 0.451 e. The van der Waals surface area contributed by atoms with Gasteiger partial charge in [-0.2, -0.15) is 0 Å². The van der Waals surface area contributed by atoms with Crippen molar-refractivity contribution in [3.63, 3.8) is 0 Å². The van der Waals surface area contributed by atoms with Crippen LogP contribution in [0.5, 0.6) is 0 Å². The van der Waals surface area contributed by atoms with Crippen LogP contribution < -0.4 is 16.6 Å². The van der Waals surface area contributed by atoms with E-state index >= 15 is 0 Å². The van der Waals surface area contributed by atoms with E-state index < -0.39 is 24.4 Å². The molecule has 9 nitrogen and oxygen atoms in total. The van der Waals surface area contributed by atoms with E-state index in [0.717, 1.165) is 0 Å². The van der Waals surface area contributed by atoms with Crippen molar-refractivity contribution in [2.75, 3.05) is 12.3 Å². The maximum atomic E-state index is 11.8. The van der Waals surface area contributed by atoms with Crippen LogP contribution >= 0.6 is 11.6 Å². The number of nitrogens with two attached hydrogens (primary N) is 1. The third-order valence-electron chi connectivity index (χ3n) is 2.68. The lowest BCUT2D eigenvalue weighted by molar-refractivity contribution is -0.125. The van der Waals surface area contributed by atoms with E-state index in [-0.39, 0.29) is 11.5 Å². The second-order valence-electron chi connectivity index (χ2n) is 4.38. The van der Waals surface area contributed by atoms with Gasteiger partial charge in [-0.15, -0.1) is 0 Å². The van der Waals surface area contributed by atoms with Crippen molar-refractivity contribution in [2.45, 2.75) is 0 Å². The fraction of sp³-hybridized carbons (Fsp3) is 0.0714. The molecule has 1 aromatic carbocycles. The minimum Gasteiger partial charge on any atom is -0.451 e. The lowest BCUT2D eigenvalue weighted by Crippen LogP contribution is -2.43. The molecule has 2 aromatic rings. The number of hydrazine groups is 1. The van der Waals surface area contributed by atoms with E-state index in [1.807, 2.05) is 0 Å². The average Bonchev–Trinajstić information content (AvgIpc) is 2.58. The van der Waals surface area contributed by atoms with E-state index in [0.29, 0.717) is 10.6 Å². The van der Waals surface area contributed by atoms with E-state index in [2.05, 4.69) is 20.8 Å². The molecule has 0 aliphatic rings. The molecule has 4 N–H and O–H groups in total. The Balaban J connectivity index is 1.79. The molecule has 1 aromatic heterocycles. The molecule has 10 heteroatoms. The minimum atomic E-state index is -0.903. The second kappa shape index (κ2) is 7.88. The Kier molecular flexibility index (Phi) is 5.63. The van der Waals surface area contributed by atoms with Crippen LogP contribution in [0.1, 0.15) is 20.8 Å². The van der Waals surface area contributed by atoms with Crippen LogP contribution in [-0.2, 0) is 9.53 Å². The molecule has 124 valence electrons. The first-order chi connectivity index (χ1) is 11.5. The number of nitrogen functional groups attached to an aromatic ring is 1. The first kappa shape index (κ1) is 17.2. The van der Waals surface area contributed by atoms with Crippen LogP contribution in [0, 0.1) is 0 Å². The molecular formula is C14H12ClN5O4. The summed E-state index contributed by atoms with van der Waals surface area (Å²) in [5.74, 6) is -2.31. The Bertz CT molecular complexity index is 766. The van der Waals surface area contributed by atoms with Gasteiger partial charge in [-0.25, -0.2) is 14.8 Å². The van der Waals surface area contributed by atoms with Gasteiger partial charge in [0.05, 0.1) is 0 Å². The van der Waals surface area contributed by atoms with Gasteiger partial charge in [-0.3, -0.25) is 20.4 Å². The molecule has 2 rings (SSSR count). The van der Waals surface area contributed by atoms with Crippen molar-refractivity contribution in [3.05, 3.63) is 52.9 Å². The van der Waals surface area contributed by atoms with E-state index in [1.165, 1.54) is 36.7 Å².